The largest absolute Gasteiger partial charge is 0.444 e. The lowest BCUT2D eigenvalue weighted by Gasteiger charge is -2.35. The molecule has 0 spiro atoms. The van der Waals surface area contributed by atoms with Crippen LogP contribution in [0, 0.1) is 0 Å². The third-order valence-corrected chi connectivity index (χ3v) is 7.17. The Morgan fingerprint density at radius 3 is 2.62 bits per heavy atom. The van der Waals surface area contributed by atoms with Crippen molar-refractivity contribution in [3.8, 4) is 10.6 Å². The molecule has 3 aromatic rings. The Bertz CT molecular complexity index is 1300. The number of nitrogens with one attached hydrogen (secondary N) is 2. The first kappa shape index (κ1) is 28.2. The Labute approximate surface area is 233 Å². The topological polar surface area (TPSA) is 114 Å². The number of benzene rings is 1. The highest BCUT2D eigenvalue weighted by Crippen LogP contribution is 2.31. The van der Waals surface area contributed by atoms with E-state index in [1.165, 1.54) is 18.3 Å². The summed E-state index contributed by atoms with van der Waals surface area (Å²) in [6.07, 6.45) is 3.21. The Hall–Kier alpha value is -3.79. The summed E-state index contributed by atoms with van der Waals surface area (Å²) in [4.78, 5) is 49.6. The maximum Gasteiger partial charge on any atom is 0.408 e. The summed E-state index contributed by atoms with van der Waals surface area (Å²) in [5.41, 5.74) is 1.97. The number of nitrogens with zero attached hydrogens (tertiary/aromatic N) is 3. The van der Waals surface area contributed by atoms with Crippen LogP contribution in [0.5, 0.6) is 0 Å². The fourth-order valence-electron chi connectivity index (χ4n) is 4.56. The molecule has 1 aromatic carbocycles. The first-order chi connectivity index (χ1) is 18.6. The van der Waals surface area contributed by atoms with Crippen molar-refractivity contribution in [1.82, 2.24) is 20.2 Å². The van der Waals surface area contributed by atoms with Crippen molar-refractivity contribution in [3.05, 3.63) is 66.0 Å². The van der Waals surface area contributed by atoms with Gasteiger partial charge in [0, 0.05) is 44.2 Å². The molecule has 3 heterocycles. The van der Waals surface area contributed by atoms with Crippen LogP contribution in [0.2, 0.25) is 0 Å². The number of pyridine rings is 1. The summed E-state index contributed by atoms with van der Waals surface area (Å²) >= 11 is 1.37. The van der Waals surface area contributed by atoms with E-state index in [4.69, 9.17) is 9.72 Å². The number of carbonyl (C=O) groups is 3. The number of anilines is 1. The van der Waals surface area contributed by atoms with Crippen molar-refractivity contribution >= 4 is 34.4 Å². The molecule has 0 bridgehead atoms. The predicted octanol–water partition coefficient (Wildman–Crippen LogP) is 5.01. The summed E-state index contributed by atoms with van der Waals surface area (Å²) in [5.74, 6) is -0.242. The molecular formula is C29H35N5O4S. The number of carbonyl (C=O) groups excluding carboxylic acids is 3. The molecule has 2 atom stereocenters. The van der Waals surface area contributed by atoms with Crippen LogP contribution in [-0.2, 0) is 20.7 Å². The van der Waals surface area contributed by atoms with Crippen molar-refractivity contribution in [3.63, 3.8) is 0 Å². The van der Waals surface area contributed by atoms with E-state index in [9.17, 15) is 14.4 Å². The maximum absolute atomic E-state index is 13.8. The average molecular weight is 550 g/mol. The fourth-order valence-corrected chi connectivity index (χ4v) is 5.39. The number of ether oxygens (including phenoxy) is 1. The first-order valence-corrected chi connectivity index (χ1v) is 13.9. The molecule has 39 heavy (non-hydrogen) atoms. The highest BCUT2D eigenvalue weighted by Gasteiger charge is 2.32. The van der Waals surface area contributed by atoms with Crippen molar-refractivity contribution in [2.45, 2.75) is 64.5 Å². The van der Waals surface area contributed by atoms with Crippen LogP contribution < -0.4 is 10.6 Å². The second kappa shape index (κ2) is 12.4. The summed E-state index contributed by atoms with van der Waals surface area (Å²) < 4.78 is 5.45. The van der Waals surface area contributed by atoms with Gasteiger partial charge in [-0.3, -0.25) is 14.6 Å². The van der Waals surface area contributed by atoms with Crippen molar-refractivity contribution in [2.75, 3.05) is 18.4 Å². The van der Waals surface area contributed by atoms with E-state index in [0.29, 0.717) is 24.6 Å². The Balaban J connectivity index is 1.49. The molecule has 1 saturated heterocycles. The third-order valence-electron chi connectivity index (χ3n) is 6.23. The second-order valence-corrected chi connectivity index (χ2v) is 11.7. The number of amides is 3. The second-order valence-electron chi connectivity index (χ2n) is 10.7. The molecule has 2 N–H and O–H groups in total. The number of piperidine rings is 1. The molecule has 9 nitrogen and oxygen atoms in total. The standard InChI is InChI=1S/C29H35N5O4S/c1-19(35)31-27-30-17-25(39-27)23-14-8-13-22(32-23)21-12-9-15-34(18-21)26(36)24(16-20-10-6-5-7-11-20)33-28(37)38-29(2,3)4/h5-8,10-11,13-14,17,21,24H,9,12,15-16,18H2,1-4H3,(H,33,37)(H,30,31,35). The molecule has 0 saturated carbocycles. The molecule has 0 aliphatic carbocycles. The Morgan fingerprint density at radius 2 is 1.90 bits per heavy atom. The van der Waals surface area contributed by atoms with Crippen LogP contribution >= 0.6 is 11.3 Å². The molecule has 2 unspecified atom stereocenters. The van der Waals surface area contributed by atoms with Gasteiger partial charge in [-0.05, 0) is 51.3 Å². The van der Waals surface area contributed by atoms with E-state index in [-0.39, 0.29) is 17.7 Å². The normalized spacial score (nSPS) is 16.3. The molecule has 3 amide bonds. The molecular weight excluding hydrogens is 514 g/mol. The predicted molar refractivity (Wildman–Crippen MR) is 152 cm³/mol. The molecule has 2 aromatic heterocycles. The quantitative estimate of drug-likeness (QED) is 0.429. The number of thiazole rings is 1. The minimum atomic E-state index is -0.746. The Kier molecular flexibility index (Phi) is 8.96. The van der Waals surface area contributed by atoms with Gasteiger partial charge in [-0.15, -0.1) is 0 Å². The van der Waals surface area contributed by atoms with Gasteiger partial charge >= 0.3 is 6.09 Å². The molecule has 1 fully saturated rings. The first-order valence-electron chi connectivity index (χ1n) is 13.1. The van der Waals surface area contributed by atoms with Crippen LogP contribution in [0.1, 0.15) is 57.7 Å². The number of likely N-dealkylation sites (tertiary alicyclic amines) is 1. The van der Waals surface area contributed by atoms with E-state index in [1.54, 1.807) is 27.0 Å². The summed E-state index contributed by atoms with van der Waals surface area (Å²) in [5, 5.41) is 6.05. The third kappa shape index (κ3) is 8.10. The maximum atomic E-state index is 13.8. The van der Waals surface area contributed by atoms with Crippen LogP contribution in [0.3, 0.4) is 0 Å². The highest BCUT2D eigenvalue weighted by molar-refractivity contribution is 7.19. The van der Waals surface area contributed by atoms with E-state index in [1.807, 2.05) is 53.4 Å². The van der Waals surface area contributed by atoms with Crippen LogP contribution in [0.4, 0.5) is 9.93 Å². The van der Waals surface area contributed by atoms with Crippen molar-refractivity contribution < 1.29 is 19.1 Å². The minimum absolute atomic E-state index is 0.0595. The van der Waals surface area contributed by atoms with Gasteiger partial charge in [-0.2, -0.15) is 0 Å². The van der Waals surface area contributed by atoms with Gasteiger partial charge < -0.3 is 20.3 Å². The SMILES string of the molecule is CC(=O)Nc1ncc(-c2cccc(C3CCCN(C(=O)C(Cc4ccccc4)NC(=O)OC(C)(C)C)C3)n2)s1. The summed E-state index contributed by atoms with van der Waals surface area (Å²) in [6, 6.07) is 14.8. The highest BCUT2D eigenvalue weighted by atomic mass is 32.1. The lowest BCUT2D eigenvalue weighted by molar-refractivity contribution is -0.134. The zero-order valence-electron chi connectivity index (χ0n) is 22.8. The van der Waals surface area contributed by atoms with Crippen molar-refractivity contribution in [1.29, 1.82) is 0 Å². The van der Waals surface area contributed by atoms with Gasteiger partial charge in [0.05, 0.1) is 10.6 Å². The Morgan fingerprint density at radius 1 is 1.13 bits per heavy atom. The van der Waals surface area contributed by atoms with Gasteiger partial charge in [0.2, 0.25) is 11.8 Å². The van der Waals surface area contributed by atoms with Gasteiger partial charge in [-0.1, -0.05) is 47.7 Å². The van der Waals surface area contributed by atoms with Gasteiger partial charge in [0.1, 0.15) is 11.6 Å². The van der Waals surface area contributed by atoms with E-state index in [2.05, 4.69) is 15.6 Å². The van der Waals surface area contributed by atoms with E-state index in [0.717, 1.165) is 34.7 Å². The molecule has 206 valence electrons. The zero-order chi connectivity index (χ0) is 28.0. The lowest BCUT2D eigenvalue weighted by Crippen LogP contribution is -2.52. The number of rotatable bonds is 7. The zero-order valence-corrected chi connectivity index (χ0v) is 23.6. The number of hydrogen-bond acceptors (Lipinski definition) is 7. The smallest absolute Gasteiger partial charge is 0.408 e. The van der Waals surface area contributed by atoms with Crippen LogP contribution in [0.15, 0.2) is 54.7 Å². The number of aromatic nitrogens is 2. The number of alkyl carbamates (subject to hydrolysis) is 1. The fraction of sp³-hybridized carbons (Fsp3) is 0.414. The average Bonchev–Trinajstić information content (AvgIpc) is 3.35. The minimum Gasteiger partial charge on any atom is -0.444 e. The van der Waals surface area contributed by atoms with E-state index < -0.39 is 17.7 Å². The van der Waals surface area contributed by atoms with Gasteiger partial charge in [0.15, 0.2) is 5.13 Å². The molecule has 0 radical (unpaired) electrons. The monoisotopic (exact) mass is 549 g/mol. The summed E-state index contributed by atoms with van der Waals surface area (Å²) in [6.45, 7) is 7.96. The van der Waals surface area contributed by atoms with Gasteiger partial charge in [0.25, 0.3) is 0 Å². The molecule has 1 aliphatic rings. The molecule has 1 aliphatic heterocycles. The lowest BCUT2D eigenvalue weighted by atomic mass is 9.93. The molecule has 10 heteroatoms. The summed E-state index contributed by atoms with van der Waals surface area (Å²) in [7, 11) is 0. The molecule has 4 rings (SSSR count). The van der Waals surface area contributed by atoms with Gasteiger partial charge in [-0.25, -0.2) is 9.78 Å². The van der Waals surface area contributed by atoms with Crippen LogP contribution in [-0.4, -0.2) is 57.5 Å². The van der Waals surface area contributed by atoms with Crippen LogP contribution in [0.25, 0.3) is 10.6 Å². The van der Waals surface area contributed by atoms with Crippen molar-refractivity contribution in [2.24, 2.45) is 0 Å². The number of hydrogen-bond donors (Lipinski definition) is 2. The van der Waals surface area contributed by atoms with E-state index >= 15 is 0 Å².